The second-order valence-corrected chi connectivity index (χ2v) is 6.73. The molecule has 2 heterocycles. The van der Waals surface area contributed by atoms with E-state index in [0.29, 0.717) is 28.5 Å². The third-order valence-corrected chi connectivity index (χ3v) is 5.06. The van der Waals surface area contributed by atoms with E-state index in [9.17, 15) is 19.7 Å². The van der Waals surface area contributed by atoms with Gasteiger partial charge in [0.2, 0.25) is 5.91 Å². The first-order chi connectivity index (χ1) is 13.4. The quantitative estimate of drug-likeness (QED) is 0.509. The number of nitro groups is 1. The molecule has 28 heavy (non-hydrogen) atoms. The summed E-state index contributed by atoms with van der Waals surface area (Å²) < 4.78 is 5.93. The lowest BCUT2D eigenvalue weighted by molar-refractivity contribution is -0.383. The molecule has 3 N–H and O–H groups in total. The Bertz CT molecular complexity index is 1140. The van der Waals surface area contributed by atoms with Crippen molar-refractivity contribution in [2.45, 2.75) is 25.3 Å². The van der Waals surface area contributed by atoms with Crippen LogP contribution in [0.5, 0.6) is 0 Å². The van der Waals surface area contributed by atoms with Gasteiger partial charge in [-0.05, 0) is 18.9 Å². The van der Waals surface area contributed by atoms with Gasteiger partial charge in [0.15, 0.2) is 0 Å². The highest BCUT2D eigenvalue weighted by Gasteiger charge is 2.35. The van der Waals surface area contributed by atoms with Gasteiger partial charge in [0, 0.05) is 35.4 Å². The average Bonchev–Trinajstić information content (AvgIpc) is 3.26. The van der Waals surface area contributed by atoms with Crippen LogP contribution in [0.25, 0.3) is 21.9 Å². The van der Waals surface area contributed by atoms with Crippen molar-refractivity contribution in [3.8, 4) is 0 Å². The first kappa shape index (κ1) is 17.9. The van der Waals surface area contributed by atoms with Crippen LogP contribution in [0.4, 0.5) is 11.4 Å². The predicted molar refractivity (Wildman–Crippen MR) is 101 cm³/mol. The van der Waals surface area contributed by atoms with Crippen LogP contribution in [-0.4, -0.2) is 34.5 Å². The number of aliphatic carboxylic acids is 1. The Morgan fingerprint density at radius 1 is 1.32 bits per heavy atom. The summed E-state index contributed by atoms with van der Waals surface area (Å²) >= 11 is 0. The number of para-hydroxylation sites is 1. The Morgan fingerprint density at radius 2 is 2.07 bits per heavy atom. The minimum absolute atomic E-state index is 0.0410. The zero-order chi connectivity index (χ0) is 20.0. The summed E-state index contributed by atoms with van der Waals surface area (Å²) in [6.07, 6.45) is 0.271. The van der Waals surface area contributed by atoms with E-state index in [1.807, 2.05) is 18.2 Å². The molecule has 9 nitrogen and oxygen atoms in total. The second-order valence-electron chi connectivity index (χ2n) is 6.73. The van der Waals surface area contributed by atoms with Gasteiger partial charge in [-0.3, -0.25) is 19.7 Å². The SMILES string of the molecule is NC(CCC(=O)N1CCc2c1c([N+](=O)[O-])cc1c2oc2ccccc21)C(=O)O. The molecular weight excluding hydrogens is 366 g/mol. The van der Waals surface area contributed by atoms with Crippen molar-refractivity contribution in [2.24, 2.45) is 5.73 Å². The Morgan fingerprint density at radius 3 is 2.79 bits per heavy atom. The topological polar surface area (TPSA) is 140 Å². The number of carboxylic acid groups (broad SMARTS) is 1. The number of nitro benzene ring substituents is 1. The normalized spacial score (nSPS) is 14.4. The number of benzene rings is 2. The van der Waals surface area contributed by atoms with Crippen molar-refractivity contribution in [1.82, 2.24) is 0 Å². The number of rotatable bonds is 5. The van der Waals surface area contributed by atoms with Gasteiger partial charge in [-0.15, -0.1) is 0 Å². The largest absolute Gasteiger partial charge is 0.480 e. The Kier molecular flexibility index (Phi) is 4.23. The molecular formula is C19H17N3O6. The highest BCUT2D eigenvalue weighted by atomic mass is 16.6. The van der Waals surface area contributed by atoms with Crippen LogP contribution in [-0.2, 0) is 16.0 Å². The molecule has 0 bridgehead atoms. The molecule has 0 saturated carbocycles. The summed E-state index contributed by atoms with van der Waals surface area (Å²) in [6, 6.07) is 7.56. The number of amides is 1. The number of nitrogens with two attached hydrogens (primary N) is 1. The number of nitrogens with zero attached hydrogens (tertiary/aromatic N) is 2. The molecule has 144 valence electrons. The molecule has 0 fully saturated rings. The molecule has 2 aromatic carbocycles. The summed E-state index contributed by atoms with van der Waals surface area (Å²) in [4.78, 5) is 36.1. The van der Waals surface area contributed by atoms with E-state index < -0.39 is 22.8 Å². The van der Waals surface area contributed by atoms with Crippen LogP contribution in [0.15, 0.2) is 34.7 Å². The van der Waals surface area contributed by atoms with Gasteiger partial charge in [-0.25, -0.2) is 0 Å². The van der Waals surface area contributed by atoms with E-state index in [-0.39, 0.29) is 30.8 Å². The lowest BCUT2D eigenvalue weighted by Crippen LogP contribution is -2.34. The van der Waals surface area contributed by atoms with Crippen LogP contribution in [0.2, 0.25) is 0 Å². The molecule has 0 spiro atoms. The van der Waals surface area contributed by atoms with Gasteiger partial charge in [0.05, 0.1) is 4.92 Å². The summed E-state index contributed by atoms with van der Waals surface area (Å²) in [7, 11) is 0. The first-order valence-electron chi connectivity index (χ1n) is 8.78. The number of carboxylic acids is 1. The summed E-state index contributed by atoms with van der Waals surface area (Å²) in [6.45, 7) is 0.271. The van der Waals surface area contributed by atoms with Crippen molar-refractivity contribution >= 4 is 45.2 Å². The second kappa shape index (κ2) is 6.61. The first-order valence-corrected chi connectivity index (χ1v) is 8.78. The molecule has 0 aliphatic carbocycles. The third-order valence-electron chi connectivity index (χ3n) is 5.06. The highest BCUT2D eigenvalue weighted by molar-refractivity contribution is 6.11. The molecule has 9 heteroatoms. The van der Waals surface area contributed by atoms with E-state index in [1.54, 1.807) is 6.07 Å². The summed E-state index contributed by atoms with van der Waals surface area (Å²) in [5.41, 5.74) is 7.31. The number of carbonyl (C=O) groups excluding carboxylic acids is 1. The minimum Gasteiger partial charge on any atom is -0.480 e. The summed E-state index contributed by atoms with van der Waals surface area (Å²) in [5.74, 6) is -1.58. The van der Waals surface area contributed by atoms with Crippen molar-refractivity contribution in [3.63, 3.8) is 0 Å². The minimum atomic E-state index is -1.19. The lowest BCUT2D eigenvalue weighted by atomic mass is 10.0. The van der Waals surface area contributed by atoms with Crippen LogP contribution < -0.4 is 10.6 Å². The van der Waals surface area contributed by atoms with Crippen molar-refractivity contribution < 1.29 is 24.0 Å². The number of hydrogen-bond donors (Lipinski definition) is 2. The van der Waals surface area contributed by atoms with Crippen molar-refractivity contribution in [3.05, 3.63) is 46.0 Å². The maximum Gasteiger partial charge on any atom is 0.320 e. The van der Waals surface area contributed by atoms with Gasteiger partial charge >= 0.3 is 5.97 Å². The molecule has 3 aromatic rings. The smallest absolute Gasteiger partial charge is 0.320 e. The fraction of sp³-hybridized carbons (Fsp3) is 0.263. The zero-order valence-electron chi connectivity index (χ0n) is 14.8. The maximum absolute atomic E-state index is 12.6. The molecule has 4 rings (SSSR count). The molecule has 1 atom stereocenters. The van der Waals surface area contributed by atoms with Crippen molar-refractivity contribution in [2.75, 3.05) is 11.4 Å². The van der Waals surface area contributed by atoms with Gasteiger partial charge in [-0.2, -0.15) is 0 Å². The number of furan rings is 1. The monoisotopic (exact) mass is 383 g/mol. The van der Waals surface area contributed by atoms with Gasteiger partial charge in [0.25, 0.3) is 5.69 Å². The average molecular weight is 383 g/mol. The Balaban J connectivity index is 1.80. The van der Waals surface area contributed by atoms with Crippen molar-refractivity contribution in [1.29, 1.82) is 0 Å². The van der Waals surface area contributed by atoms with Crippen LogP contribution in [0.1, 0.15) is 18.4 Å². The van der Waals surface area contributed by atoms with E-state index in [0.717, 1.165) is 5.39 Å². The molecule has 1 unspecified atom stereocenters. The summed E-state index contributed by atoms with van der Waals surface area (Å²) in [5, 5.41) is 22.0. The van der Waals surface area contributed by atoms with Gasteiger partial charge in [-0.1, -0.05) is 18.2 Å². The fourth-order valence-electron chi connectivity index (χ4n) is 3.69. The van der Waals surface area contributed by atoms with E-state index in [1.165, 1.54) is 11.0 Å². The number of fused-ring (bicyclic) bond motifs is 5. The molecule has 0 radical (unpaired) electrons. The Hall–Kier alpha value is -3.46. The van der Waals surface area contributed by atoms with E-state index in [2.05, 4.69) is 0 Å². The lowest BCUT2D eigenvalue weighted by Gasteiger charge is -2.18. The third kappa shape index (κ3) is 2.76. The van der Waals surface area contributed by atoms with E-state index >= 15 is 0 Å². The zero-order valence-corrected chi connectivity index (χ0v) is 14.8. The fourth-order valence-corrected chi connectivity index (χ4v) is 3.69. The molecule has 1 aromatic heterocycles. The highest BCUT2D eigenvalue weighted by Crippen LogP contribution is 2.45. The Labute approximate surface area is 158 Å². The number of anilines is 1. The van der Waals surface area contributed by atoms with Crippen LogP contribution >= 0.6 is 0 Å². The molecule has 1 aliphatic heterocycles. The van der Waals surface area contributed by atoms with E-state index in [4.69, 9.17) is 15.3 Å². The predicted octanol–water partition coefficient (Wildman–Crippen LogP) is 2.58. The van der Waals surface area contributed by atoms with Crippen LogP contribution in [0, 0.1) is 10.1 Å². The van der Waals surface area contributed by atoms with Gasteiger partial charge in [0.1, 0.15) is 22.9 Å². The maximum atomic E-state index is 12.6. The molecule has 0 saturated heterocycles. The molecule has 1 aliphatic rings. The molecule has 1 amide bonds. The number of hydrogen-bond acceptors (Lipinski definition) is 6. The standard InChI is InChI=1S/C19H17N3O6/c20-13(19(24)25)5-6-16(23)21-8-7-11-17(21)14(22(26)27)9-12-10-3-1-2-4-15(10)28-18(11)12/h1-4,9,13H,5-8,20H2,(H,24,25). The number of carbonyl (C=O) groups is 2. The van der Waals surface area contributed by atoms with Gasteiger partial charge < -0.3 is 20.2 Å². The van der Waals surface area contributed by atoms with Crippen LogP contribution in [0.3, 0.4) is 0 Å².